The Bertz CT molecular complexity index is 519. The maximum atomic E-state index is 12.4. The third-order valence-corrected chi connectivity index (χ3v) is 4.35. The molecule has 0 spiro atoms. The van der Waals surface area contributed by atoms with Gasteiger partial charge in [-0.1, -0.05) is 0 Å². The largest absolute Gasteiger partial charge is 0.399 e. The van der Waals surface area contributed by atoms with Gasteiger partial charge in [-0.2, -0.15) is 0 Å². The summed E-state index contributed by atoms with van der Waals surface area (Å²) in [6.45, 7) is 2.13. The van der Waals surface area contributed by atoms with Crippen molar-refractivity contribution in [2.75, 3.05) is 37.8 Å². The van der Waals surface area contributed by atoms with E-state index in [1.54, 1.807) is 19.0 Å². The number of nitrogens with zero attached hydrogens (tertiary/aromatic N) is 2. The van der Waals surface area contributed by atoms with E-state index in [2.05, 4.69) is 4.90 Å². The summed E-state index contributed by atoms with van der Waals surface area (Å²) < 4.78 is 0. The fourth-order valence-corrected chi connectivity index (χ4v) is 2.73. The molecule has 2 N–H and O–H groups in total. The molecule has 1 aromatic carbocycles. The van der Waals surface area contributed by atoms with Crippen LogP contribution in [0.25, 0.3) is 0 Å². The predicted octanol–water partition coefficient (Wildman–Crippen LogP) is 2.60. The third kappa shape index (κ3) is 3.49. The van der Waals surface area contributed by atoms with Gasteiger partial charge in [0.25, 0.3) is 5.91 Å². The molecular formula is C17H25N3O. The van der Waals surface area contributed by atoms with Gasteiger partial charge < -0.3 is 15.5 Å². The van der Waals surface area contributed by atoms with Crippen molar-refractivity contribution in [3.8, 4) is 0 Å². The molecule has 1 amide bonds. The molecule has 4 heteroatoms. The zero-order valence-electron chi connectivity index (χ0n) is 13.0. The van der Waals surface area contributed by atoms with E-state index < -0.39 is 0 Å². The lowest BCUT2D eigenvalue weighted by Gasteiger charge is -2.28. The molecule has 0 aromatic heterocycles. The molecule has 0 atom stereocenters. The van der Waals surface area contributed by atoms with Gasteiger partial charge in [-0.05, 0) is 55.7 Å². The van der Waals surface area contributed by atoms with Crippen LogP contribution in [0.5, 0.6) is 0 Å². The highest BCUT2D eigenvalue weighted by atomic mass is 16.2. The third-order valence-electron chi connectivity index (χ3n) is 4.35. The Morgan fingerprint density at radius 3 is 2.19 bits per heavy atom. The van der Waals surface area contributed by atoms with Crippen LogP contribution in [0.2, 0.25) is 0 Å². The Labute approximate surface area is 126 Å². The first-order valence-electron chi connectivity index (χ1n) is 7.90. The summed E-state index contributed by atoms with van der Waals surface area (Å²) in [4.78, 5) is 16.5. The number of carbonyl (C=O) groups is 1. The Kier molecular flexibility index (Phi) is 3.79. The molecule has 0 bridgehead atoms. The topological polar surface area (TPSA) is 49.6 Å². The molecule has 114 valence electrons. The normalized spacial score (nSPS) is 17.6. The summed E-state index contributed by atoms with van der Waals surface area (Å²) in [7, 11) is 3.60. The van der Waals surface area contributed by atoms with Gasteiger partial charge in [0.15, 0.2) is 0 Å². The van der Waals surface area contributed by atoms with Crippen molar-refractivity contribution in [3.63, 3.8) is 0 Å². The van der Waals surface area contributed by atoms with Crippen molar-refractivity contribution < 1.29 is 4.79 Å². The van der Waals surface area contributed by atoms with Gasteiger partial charge in [0, 0.05) is 32.9 Å². The van der Waals surface area contributed by atoms with Gasteiger partial charge in [-0.3, -0.25) is 4.79 Å². The minimum absolute atomic E-state index is 0.0570. The van der Waals surface area contributed by atoms with E-state index in [-0.39, 0.29) is 5.91 Å². The zero-order valence-corrected chi connectivity index (χ0v) is 13.0. The summed E-state index contributed by atoms with van der Waals surface area (Å²) in [5, 5.41) is 0. The van der Waals surface area contributed by atoms with E-state index in [0.29, 0.717) is 0 Å². The summed E-state index contributed by atoms with van der Waals surface area (Å²) in [5.41, 5.74) is 8.51. The standard InChI is InChI=1S/C17H25N3O/c1-19(2)17(21)15-8-7-14(18)9-16(15)20(10-12-3-4-12)11-13-5-6-13/h7-9,12-13H,3-6,10-11,18H2,1-2H3. The fourth-order valence-electron chi connectivity index (χ4n) is 2.73. The van der Waals surface area contributed by atoms with E-state index in [1.807, 2.05) is 18.2 Å². The van der Waals surface area contributed by atoms with Crippen LogP contribution >= 0.6 is 0 Å². The first-order valence-corrected chi connectivity index (χ1v) is 7.90. The van der Waals surface area contributed by atoms with Crippen molar-refractivity contribution in [1.29, 1.82) is 0 Å². The number of hydrogen-bond donors (Lipinski definition) is 1. The monoisotopic (exact) mass is 287 g/mol. The molecule has 0 heterocycles. The number of carbonyl (C=O) groups excluding carboxylic acids is 1. The van der Waals surface area contributed by atoms with Crippen molar-refractivity contribution in [2.24, 2.45) is 11.8 Å². The van der Waals surface area contributed by atoms with Crippen molar-refractivity contribution in [2.45, 2.75) is 25.7 Å². The van der Waals surface area contributed by atoms with Gasteiger partial charge in [-0.15, -0.1) is 0 Å². The number of nitrogen functional groups attached to an aromatic ring is 1. The van der Waals surface area contributed by atoms with Gasteiger partial charge >= 0.3 is 0 Å². The van der Waals surface area contributed by atoms with E-state index >= 15 is 0 Å². The maximum absolute atomic E-state index is 12.4. The van der Waals surface area contributed by atoms with Gasteiger partial charge in [0.05, 0.1) is 11.3 Å². The minimum atomic E-state index is 0.0570. The van der Waals surface area contributed by atoms with Gasteiger partial charge in [-0.25, -0.2) is 0 Å². The Morgan fingerprint density at radius 2 is 1.71 bits per heavy atom. The van der Waals surface area contributed by atoms with Gasteiger partial charge in [0.1, 0.15) is 0 Å². The lowest BCUT2D eigenvalue weighted by atomic mass is 10.1. The maximum Gasteiger partial charge on any atom is 0.255 e. The zero-order chi connectivity index (χ0) is 15.0. The highest BCUT2D eigenvalue weighted by molar-refractivity contribution is 6.00. The summed E-state index contributed by atoms with van der Waals surface area (Å²) in [6.07, 6.45) is 5.28. The second-order valence-electron chi connectivity index (χ2n) is 6.77. The second kappa shape index (κ2) is 5.58. The van der Waals surface area contributed by atoms with Crippen LogP contribution in [0.3, 0.4) is 0 Å². The van der Waals surface area contributed by atoms with Crippen LogP contribution < -0.4 is 10.6 Å². The summed E-state index contributed by atoms with van der Waals surface area (Å²) in [6, 6.07) is 5.67. The number of amides is 1. The molecule has 2 aliphatic carbocycles. The Hall–Kier alpha value is -1.71. The predicted molar refractivity (Wildman–Crippen MR) is 86.5 cm³/mol. The highest BCUT2D eigenvalue weighted by Gasteiger charge is 2.31. The highest BCUT2D eigenvalue weighted by Crippen LogP contribution is 2.37. The SMILES string of the molecule is CN(C)C(=O)c1ccc(N)cc1N(CC1CC1)CC1CC1. The first-order chi connectivity index (χ1) is 10.0. The lowest BCUT2D eigenvalue weighted by molar-refractivity contribution is 0.0828. The fraction of sp³-hybridized carbons (Fsp3) is 0.588. The molecule has 2 fully saturated rings. The van der Waals surface area contributed by atoms with E-state index in [1.165, 1.54) is 25.7 Å². The van der Waals surface area contributed by atoms with Gasteiger partial charge in [0.2, 0.25) is 0 Å². The van der Waals surface area contributed by atoms with Crippen LogP contribution in [0, 0.1) is 11.8 Å². The molecule has 4 nitrogen and oxygen atoms in total. The van der Waals surface area contributed by atoms with Crippen LogP contribution in [0.15, 0.2) is 18.2 Å². The molecule has 0 radical (unpaired) electrons. The number of anilines is 2. The average molecular weight is 287 g/mol. The summed E-state index contributed by atoms with van der Waals surface area (Å²) >= 11 is 0. The summed E-state index contributed by atoms with van der Waals surface area (Å²) in [5.74, 6) is 1.65. The second-order valence-corrected chi connectivity index (χ2v) is 6.77. The molecule has 1 aromatic rings. The van der Waals surface area contributed by atoms with Crippen LogP contribution in [-0.2, 0) is 0 Å². The van der Waals surface area contributed by atoms with Crippen LogP contribution in [0.1, 0.15) is 36.0 Å². The van der Waals surface area contributed by atoms with E-state index in [9.17, 15) is 4.79 Å². The van der Waals surface area contributed by atoms with Crippen molar-refractivity contribution >= 4 is 17.3 Å². The van der Waals surface area contributed by atoms with Crippen molar-refractivity contribution in [1.82, 2.24) is 4.90 Å². The molecule has 0 saturated heterocycles. The number of nitrogens with two attached hydrogens (primary N) is 1. The molecular weight excluding hydrogens is 262 g/mol. The Balaban J connectivity index is 1.91. The minimum Gasteiger partial charge on any atom is -0.399 e. The van der Waals surface area contributed by atoms with E-state index in [0.717, 1.165) is 41.9 Å². The molecule has 21 heavy (non-hydrogen) atoms. The van der Waals surface area contributed by atoms with Crippen LogP contribution in [-0.4, -0.2) is 38.0 Å². The van der Waals surface area contributed by atoms with Crippen molar-refractivity contribution in [3.05, 3.63) is 23.8 Å². The van der Waals surface area contributed by atoms with Crippen LogP contribution in [0.4, 0.5) is 11.4 Å². The first kappa shape index (κ1) is 14.2. The molecule has 2 saturated carbocycles. The molecule has 0 aliphatic heterocycles. The lowest BCUT2D eigenvalue weighted by Crippen LogP contribution is -2.31. The number of rotatable bonds is 6. The van der Waals surface area contributed by atoms with E-state index in [4.69, 9.17) is 5.73 Å². The number of benzene rings is 1. The smallest absolute Gasteiger partial charge is 0.255 e. The number of hydrogen-bond acceptors (Lipinski definition) is 3. The molecule has 2 aliphatic rings. The average Bonchev–Trinajstić information content (AvgIpc) is 3.32. The quantitative estimate of drug-likeness (QED) is 0.818. The molecule has 0 unspecified atom stereocenters. The molecule has 3 rings (SSSR count). The Morgan fingerprint density at radius 1 is 1.14 bits per heavy atom.